The van der Waals surface area contributed by atoms with Crippen molar-refractivity contribution in [2.45, 2.75) is 44.6 Å². The molecule has 0 heterocycles. The maximum Gasteiger partial charge on any atom is 0.240 e. The molecule has 0 aliphatic heterocycles. The van der Waals surface area contributed by atoms with Gasteiger partial charge >= 0.3 is 0 Å². The van der Waals surface area contributed by atoms with Crippen molar-refractivity contribution in [1.29, 1.82) is 5.26 Å². The van der Waals surface area contributed by atoms with Crippen molar-refractivity contribution in [3.05, 3.63) is 0 Å². The molecular weight excluding hydrogens is 190 g/mol. The lowest BCUT2D eigenvalue weighted by molar-refractivity contribution is -0.127. The average molecular weight is 209 g/mol. The van der Waals surface area contributed by atoms with E-state index in [9.17, 15) is 4.79 Å². The first-order chi connectivity index (χ1) is 7.08. The lowest BCUT2D eigenvalue weighted by Crippen LogP contribution is -2.55. The van der Waals surface area contributed by atoms with Gasteiger partial charge in [-0.15, -0.1) is 0 Å². The third-order valence-corrected chi connectivity index (χ3v) is 2.99. The average Bonchev–Trinajstić information content (AvgIpc) is 2.26. The molecule has 1 atom stereocenters. The Labute approximate surface area is 90.8 Å². The second kappa shape index (κ2) is 5.13. The standard InChI is InChI=1S/C11H19N3O/c1-9(7-12)8-14-10(15)11(13)5-3-2-4-6-11/h9H,2-6,8,13H2,1H3,(H,14,15). The number of hydrogen-bond donors (Lipinski definition) is 2. The number of nitrogens with two attached hydrogens (primary N) is 1. The van der Waals surface area contributed by atoms with Crippen molar-refractivity contribution >= 4 is 5.91 Å². The van der Waals surface area contributed by atoms with Gasteiger partial charge in [-0.2, -0.15) is 5.26 Å². The Kier molecular flexibility index (Phi) is 4.10. The van der Waals surface area contributed by atoms with Crippen LogP contribution in [0, 0.1) is 17.2 Å². The van der Waals surface area contributed by atoms with Crippen molar-refractivity contribution in [2.75, 3.05) is 6.54 Å². The highest BCUT2D eigenvalue weighted by atomic mass is 16.2. The minimum absolute atomic E-state index is 0.0932. The van der Waals surface area contributed by atoms with E-state index in [0.717, 1.165) is 25.7 Å². The van der Waals surface area contributed by atoms with Crippen LogP contribution in [0.4, 0.5) is 0 Å². The van der Waals surface area contributed by atoms with Crippen molar-refractivity contribution < 1.29 is 4.79 Å². The molecule has 0 bridgehead atoms. The summed E-state index contributed by atoms with van der Waals surface area (Å²) in [6, 6.07) is 2.08. The van der Waals surface area contributed by atoms with Crippen LogP contribution in [0.5, 0.6) is 0 Å². The Hall–Kier alpha value is -1.08. The van der Waals surface area contributed by atoms with Gasteiger partial charge in [0.2, 0.25) is 5.91 Å². The zero-order valence-corrected chi connectivity index (χ0v) is 9.25. The molecule has 0 aromatic carbocycles. The van der Waals surface area contributed by atoms with E-state index in [-0.39, 0.29) is 11.8 Å². The third kappa shape index (κ3) is 3.21. The van der Waals surface area contributed by atoms with Gasteiger partial charge in [-0.05, 0) is 19.8 Å². The highest BCUT2D eigenvalue weighted by Crippen LogP contribution is 2.25. The molecule has 0 radical (unpaired) electrons. The van der Waals surface area contributed by atoms with Gasteiger partial charge in [0.25, 0.3) is 0 Å². The molecular formula is C11H19N3O. The Morgan fingerprint density at radius 2 is 2.13 bits per heavy atom. The highest BCUT2D eigenvalue weighted by molar-refractivity contribution is 5.86. The summed E-state index contributed by atoms with van der Waals surface area (Å²) in [6.07, 6.45) is 4.75. The molecule has 1 amide bonds. The first-order valence-electron chi connectivity index (χ1n) is 5.55. The number of amides is 1. The van der Waals surface area contributed by atoms with Gasteiger partial charge < -0.3 is 11.1 Å². The minimum Gasteiger partial charge on any atom is -0.353 e. The van der Waals surface area contributed by atoms with E-state index < -0.39 is 5.54 Å². The number of nitriles is 1. The normalized spacial score (nSPS) is 21.4. The summed E-state index contributed by atoms with van der Waals surface area (Å²) in [5.74, 6) is -0.245. The lowest BCUT2D eigenvalue weighted by atomic mass is 9.82. The molecule has 0 spiro atoms. The van der Waals surface area contributed by atoms with Crippen LogP contribution in [-0.4, -0.2) is 18.0 Å². The van der Waals surface area contributed by atoms with E-state index >= 15 is 0 Å². The Bertz CT molecular complexity index is 263. The lowest BCUT2D eigenvalue weighted by Gasteiger charge is -2.31. The van der Waals surface area contributed by atoms with Crippen LogP contribution in [0.25, 0.3) is 0 Å². The van der Waals surface area contributed by atoms with Crippen LogP contribution in [0.3, 0.4) is 0 Å². The molecule has 4 nitrogen and oxygen atoms in total. The van der Waals surface area contributed by atoms with Crippen molar-refractivity contribution in [1.82, 2.24) is 5.32 Å². The van der Waals surface area contributed by atoms with Crippen LogP contribution < -0.4 is 11.1 Å². The van der Waals surface area contributed by atoms with Gasteiger partial charge in [-0.3, -0.25) is 4.79 Å². The summed E-state index contributed by atoms with van der Waals surface area (Å²) in [6.45, 7) is 2.18. The fraction of sp³-hybridized carbons (Fsp3) is 0.818. The van der Waals surface area contributed by atoms with E-state index in [4.69, 9.17) is 11.0 Å². The molecule has 1 fully saturated rings. The number of nitrogens with zero attached hydrogens (tertiary/aromatic N) is 1. The minimum atomic E-state index is -0.687. The molecule has 1 saturated carbocycles. The van der Waals surface area contributed by atoms with Crippen LogP contribution in [-0.2, 0) is 4.79 Å². The second-order valence-corrected chi connectivity index (χ2v) is 4.46. The van der Waals surface area contributed by atoms with E-state index in [0.29, 0.717) is 6.54 Å². The third-order valence-electron chi connectivity index (χ3n) is 2.99. The van der Waals surface area contributed by atoms with Crippen LogP contribution in [0.2, 0.25) is 0 Å². The maximum atomic E-state index is 11.8. The fourth-order valence-electron chi connectivity index (χ4n) is 1.88. The first kappa shape index (κ1) is 12.0. The van der Waals surface area contributed by atoms with Crippen molar-refractivity contribution in [2.24, 2.45) is 11.7 Å². The molecule has 0 saturated heterocycles. The summed E-state index contributed by atoms with van der Waals surface area (Å²) in [5.41, 5.74) is 5.35. The Morgan fingerprint density at radius 1 is 1.53 bits per heavy atom. The van der Waals surface area contributed by atoms with Gasteiger partial charge in [0.15, 0.2) is 0 Å². The Balaban J connectivity index is 2.42. The summed E-state index contributed by atoms with van der Waals surface area (Å²) in [4.78, 5) is 11.8. The molecule has 1 unspecified atom stereocenters. The van der Waals surface area contributed by atoms with Gasteiger partial charge in [-0.1, -0.05) is 19.3 Å². The molecule has 1 rings (SSSR count). The van der Waals surface area contributed by atoms with Gasteiger partial charge in [0.1, 0.15) is 0 Å². The number of nitrogens with one attached hydrogen (secondary N) is 1. The van der Waals surface area contributed by atoms with Gasteiger partial charge in [0, 0.05) is 6.54 Å². The van der Waals surface area contributed by atoms with E-state index in [1.165, 1.54) is 6.42 Å². The second-order valence-electron chi connectivity index (χ2n) is 4.46. The molecule has 4 heteroatoms. The topological polar surface area (TPSA) is 78.9 Å². The predicted molar refractivity (Wildman–Crippen MR) is 57.8 cm³/mol. The SMILES string of the molecule is CC(C#N)CNC(=O)C1(N)CCCCC1. The maximum absolute atomic E-state index is 11.8. The highest BCUT2D eigenvalue weighted by Gasteiger charge is 2.34. The van der Waals surface area contributed by atoms with E-state index in [1.807, 2.05) is 0 Å². The number of carbonyl (C=O) groups is 1. The van der Waals surface area contributed by atoms with Crippen LogP contribution in [0.15, 0.2) is 0 Å². The predicted octanol–water partition coefficient (Wildman–Crippen LogP) is 0.924. The molecule has 3 N–H and O–H groups in total. The van der Waals surface area contributed by atoms with Gasteiger partial charge in [0.05, 0.1) is 17.5 Å². The quantitative estimate of drug-likeness (QED) is 0.725. The summed E-state index contributed by atoms with van der Waals surface area (Å²) in [5, 5.41) is 11.3. The molecule has 1 aliphatic rings. The van der Waals surface area contributed by atoms with E-state index in [1.54, 1.807) is 6.92 Å². The number of hydrogen-bond acceptors (Lipinski definition) is 3. The number of rotatable bonds is 3. The first-order valence-corrected chi connectivity index (χ1v) is 5.55. The fourth-order valence-corrected chi connectivity index (χ4v) is 1.88. The number of carbonyl (C=O) groups excluding carboxylic acids is 1. The van der Waals surface area contributed by atoms with E-state index in [2.05, 4.69) is 11.4 Å². The van der Waals surface area contributed by atoms with Crippen LogP contribution in [0.1, 0.15) is 39.0 Å². The largest absolute Gasteiger partial charge is 0.353 e. The zero-order valence-electron chi connectivity index (χ0n) is 9.25. The van der Waals surface area contributed by atoms with Crippen LogP contribution >= 0.6 is 0 Å². The smallest absolute Gasteiger partial charge is 0.240 e. The molecule has 84 valence electrons. The summed E-state index contributed by atoms with van der Waals surface area (Å²) >= 11 is 0. The molecule has 15 heavy (non-hydrogen) atoms. The zero-order chi connectivity index (χ0) is 11.3. The summed E-state index contributed by atoms with van der Waals surface area (Å²) in [7, 11) is 0. The molecule has 1 aliphatic carbocycles. The Morgan fingerprint density at radius 3 is 2.67 bits per heavy atom. The molecule has 0 aromatic heterocycles. The van der Waals surface area contributed by atoms with Gasteiger partial charge in [-0.25, -0.2) is 0 Å². The summed E-state index contributed by atoms with van der Waals surface area (Å²) < 4.78 is 0. The van der Waals surface area contributed by atoms with Crippen molar-refractivity contribution in [3.63, 3.8) is 0 Å². The van der Waals surface area contributed by atoms with Crippen molar-refractivity contribution in [3.8, 4) is 6.07 Å². The molecule has 0 aromatic rings. The monoisotopic (exact) mass is 209 g/mol.